The lowest BCUT2D eigenvalue weighted by Crippen LogP contribution is -2.40. The largest absolute Gasteiger partial charge is 0.345 e. The molecule has 0 spiro atoms. The molecule has 0 radical (unpaired) electrons. The molecule has 0 fully saturated rings. The van der Waals surface area contributed by atoms with Crippen molar-refractivity contribution in [3.05, 3.63) is 0 Å². The van der Waals surface area contributed by atoms with E-state index in [1.165, 1.54) is 0 Å². The molecule has 2 N–H and O–H groups in total. The molecule has 14 heavy (non-hydrogen) atoms. The van der Waals surface area contributed by atoms with Gasteiger partial charge in [0.15, 0.2) is 0 Å². The number of rotatable bonds is 6. The standard InChI is InChI=1S/C10H23N3O/c1-9(2)13(4)8-10(14)12(3)7-5-6-11/h9H,5-8,11H2,1-4H3. The molecule has 0 unspecified atom stereocenters. The molecule has 0 aromatic rings. The molecule has 0 aromatic carbocycles. The Kier molecular flexibility index (Phi) is 6.49. The predicted molar refractivity (Wildman–Crippen MR) is 59.1 cm³/mol. The monoisotopic (exact) mass is 201 g/mol. The first kappa shape index (κ1) is 13.4. The molecule has 84 valence electrons. The molecule has 0 saturated carbocycles. The average Bonchev–Trinajstić information content (AvgIpc) is 2.13. The smallest absolute Gasteiger partial charge is 0.236 e. The summed E-state index contributed by atoms with van der Waals surface area (Å²) in [5.74, 6) is 0.162. The Balaban J connectivity index is 3.82. The van der Waals surface area contributed by atoms with Crippen molar-refractivity contribution in [3.8, 4) is 0 Å². The highest BCUT2D eigenvalue weighted by Crippen LogP contribution is 1.95. The number of nitrogens with zero attached hydrogens (tertiary/aromatic N) is 2. The lowest BCUT2D eigenvalue weighted by Gasteiger charge is -2.24. The maximum atomic E-state index is 11.6. The van der Waals surface area contributed by atoms with E-state index in [0.717, 1.165) is 13.0 Å². The van der Waals surface area contributed by atoms with Crippen molar-refractivity contribution in [2.75, 3.05) is 33.7 Å². The van der Waals surface area contributed by atoms with Gasteiger partial charge in [0, 0.05) is 19.6 Å². The first-order valence-electron chi connectivity index (χ1n) is 5.13. The zero-order valence-electron chi connectivity index (χ0n) is 9.79. The van der Waals surface area contributed by atoms with Crippen LogP contribution in [0.3, 0.4) is 0 Å². The number of hydrogen-bond donors (Lipinski definition) is 1. The number of nitrogens with two attached hydrogens (primary N) is 1. The van der Waals surface area contributed by atoms with Crippen molar-refractivity contribution in [1.29, 1.82) is 0 Å². The lowest BCUT2D eigenvalue weighted by atomic mass is 10.3. The summed E-state index contributed by atoms with van der Waals surface area (Å²) in [6.45, 7) is 6.03. The van der Waals surface area contributed by atoms with Crippen LogP contribution in [0.4, 0.5) is 0 Å². The number of likely N-dealkylation sites (N-methyl/N-ethyl adjacent to an activating group) is 2. The molecule has 0 atom stereocenters. The van der Waals surface area contributed by atoms with E-state index in [4.69, 9.17) is 5.73 Å². The zero-order chi connectivity index (χ0) is 11.1. The van der Waals surface area contributed by atoms with E-state index in [1.807, 2.05) is 19.0 Å². The highest BCUT2D eigenvalue weighted by atomic mass is 16.2. The van der Waals surface area contributed by atoms with Crippen molar-refractivity contribution in [2.24, 2.45) is 5.73 Å². The van der Waals surface area contributed by atoms with Gasteiger partial charge in [0.25, 0.3) is 0 Å². The van der Waals surface area contributed by atoms with Crippen molar-refractivity contribution >= 4 is 5.91 Å². The Morgan fingerprint density at radius 1 is 1.36 bits per heavy atom. The molecule has 4 heteroatoms. The number of carbonyl (C=O) groups is 1. The second-order valence-corrected chi connectivity index (χ2v) is 3.97. The van der Waals surface area contributed by atoms with Gasteiger partial charge in [-0.3, -0.25) is 9.69 Å². The third kappa shape index (κ3) is 5.19. The molecular formula is C10H23N3O. The van der Waals surface area contributed by atoms with Gasteiger partial charge in [0.05, 0.1) is 6.54 Å². The van der Waals surface area contributed by atoms with Gasteiger partial charge in [-0.2, -0.15) is 0 Å². The molecule has 4 nitrogen and oxygen atoms in total. The van der Waals surface area contributed by atoms with Crippen LogP contribution >= 0.6 is 0 Å². The third-order valence-electron chi connectivity index (χ3n) is 2.39. The van der Waals surface area contributed by atoms with Gasteiger partial charge >= 0.3 is 0 Å². The van der Waals surface area contributed by atoms with Gasteiger partial charge in [-0.25, -0.2) is 0 Å². The molecule has 0 rings (SSSR count). The van der Waals surface area contributed by atoms with Gasteiger partial charge in [0.2, 0.25) is 5.91 Å². The van der Waals surface area contributed by atoms with Crippen LogP contribution in [0, 0.1) is 0 Å². The summed E-state index contributed by atoms with van der Waals surface area (Å²) in [6.07, 6.45) is 0.869. The number of hydrogen-bond acceptors (Lipinski definition) is 3. The zero-order valence-corrected chi connectivity index (χ0v) is 9.79. The Morgan fingerprint density at radius 3 is 2.36 bits per heavy atom. The molecule has 0 heterocycles. The fraction of sp³-hybridized carbons (Fsp3) is 0.900. The van der Waals surface area contributed by atoms with Gasteiger partial charge in [0.1, 0.15) is 0 Å². The van der Waals surface area contributed by atoms with Crippen LogP contribution in [0.15, 0.2) is 0 Å². The van der Waals surface area contributed by atoms with Crippen molar-refractivity contribution in [3.63, 3.8) is 0 Å². The van der Waals surface area contributed by atoms with E-state index >= 15 is 0 Å². The minimum Gasteiger partial charge on any atom is -0.345 e. The SMILES string of the molecule is CC(C)N(C)CC(=O)N(C)CCCN. The van der Waals surface area contributed by atoms with Crippen LogP contribution in [0.2, 0.25) is 0 Å². The lowest BCUT2D eigenvalue weighted by molar-refractivity contribution is -0.131. The molecule has 0 aliphatic rings. The maximum Gasteiger partial charge on any atom is 0.236 e. The Labute approximate surface area is 87.0 Å². The van der Waals surface area contributed by atoms with Crippen LogP contribution < -0.4 is 5.73 Å². The van der Waals surface area contributed by atoms with Crippen LogP contribution in [0.25, 0.3) is 0 Å². The second kappa shape index (κ2) is 6.79. The van der Waals surface area contributed by atoms with Gasteiger partial charge < -0.3 is 10.6 Å². The molecule has 0 aromatic heterocycles. The maximum absolute atomic E-state index is 11.6. The Bertz CT molecular complexity index is 171. The molecular weight excluding hydrogens is 178 g/mol. The van der Waals surface area contributed by atoms with E-state index in [-0.39, 0.29) is 5.91 Å². The summed E-state index contributed by atoms with van der Waals surface area (Å²) in [7, 11) is 3.78. The quantitative estimate of drug-likeness (QED) is 0.665. The minimum absolute atomic E-state index is 0.162. The van der Waals surface area contributed by atoms with E-state index < -0.39 is 0 Å². The summed E-state index contributed by atoms with van der Waals surface area (Å²) in [5.41, 5.74) is 5.38. The fourth-order valence-corrected chi connectivity index (χ4v) is 0.970. The summed E-state index contributed by atoms with van der Waals surface area (Å²) in [4.78, 5) is 15.4. The number of carbonyl (C=O) groups excluding carboxylic acids is 1. The second-order valence-electron chi connectivity index (χ2n) is 3.97. The third-order valence-corrected chi connectivity index (χ3v) is 2.39. The predicted octanol–water partition coefficient (Wildman–Crippen LogP) is 0.134. The van der Waals surface area contributed by atoms with E-state index in [2.05, 4.69) is 13.8 Å². The summed E-state index contributed by atoms with van der Waals surface area (Å²) < 4.78 is 0. The first-order chi connectivity index (χ1) is 6.49. The summed E-state index contributed by atoms with van der Waals surface area (Å²) in [5, 5.41) is 0. The van der Waals surface area contributed by atoms with E-state index in [9.17, 15) is 4.79 Å². The van der Waals surface area contributed by atoms with E-state index in [0.29, 0.717) is 19.1 Å². The summed E-state index contributed by atoms with van der Waals surface area (Å²) in [6, 6.07) is 0.404. The van der Waals surface area contributed by atoms with Crippen molar-refractivity contribution in [2.45, 2.75) is 26.3 Å². The van der Waals surface area contributed by atoms with E-state index in [1.54, 1.807) is 4.90 Å². The molecule has 0 aliphatic heterocycles. The van der Waals surface area contributed by atoms with Gasteiger partial charge in [-0.15, -0.1) is 0 Å². The molecule has 0 aliphatic carbocycles. The number of amides is 1. The van der Waals surface area contributed by atoms with Crippen LogP contribution in [-0.2, 0) is 4.79 Å². The minimum atomic E-state index is 0.162. The Morgan fingerprint density at radius 2 is 1.93 bits per heavy atom. The highest BCUT2D eigenvalue weighted by Gasteiger charge is 2.12. The van der Waals surface area contributed by atoms with Crippen LogP contribution in [0.5, 0.6) is 0 Å². The molecule has 0 bridgehead atoms. The van der Waals surface area contributed by atoms with Crippen LogP contribution in [0.1, 0.15) is 20.3 Å². The van der Waals surface area contributed by atoms with Gasteiger partial charge in [-0.05, 0) is 33.9 Å². The van der Waals surface area contributed by atoms with Gasteiger partial charge in [-0.1, -0.05) is 0 Å². The van der Waals surface area contributed by atoms with Crippen molar-refractivity contribution in [1.82, 2.24) is 9.80 Å². The van der Waals surface area contributed by atoms with Crippen LogP contribution in [-0.4, -0.2) is 55.5 Å². The fourth-order valence-electron chi connectivity index (χ4n) is 0.970. The Hall–Kier alpha value is -0.610. The van der Waals surface area contributed by atoms with Crippen molar-refractivity contribution < 1.29 is 4.79 Å². The first-order valence-corrected chi connectivity index (χ1v) is 5.13. The average molecular weight is 201 g/mol. The normalized spacial score (nSPS) is 11.1. The summed E-state index contributed by atoms with van der Waals surface area (Å²) >= 11 is 0. The topological polar surface area (TPSA) is 49.6 Å². The molecule has 0 saturated heterocycles. The molecule has 1 amide bonds. The highest BCUT2D eigenvalue weighted by molar-refractivity contribution is 5.77.